The van der Waals surface area contributed by atoms with Crippen LogP contribution in [0.15, 0.2) is 12.7 Å². The van der Waals surface area contributed by atoms with Gasteiger partial charge in [-0.3, -0.25) is 4.57 Å². The van der Waals surface area contributed by atoms with Crippen molar-refractivity contribution in [2.24, 2.45) is 0 Å². The average molecular weight is 350 g/mol. The number of nitrogens with two attached hydrogens (primary N) is 1. The van der Waals surface area contributed by atoms with Gasteiger partial charge in [0.2, 0.25) is 0 Å². The second-order valence-electron chi connectivity index (χ2n) is 7.94. The fourth-order valence-electron chi connectivity index (χ4n) is 2.61. The number of imidazole rings is 1. The first kappa shape index (κ1) is 17.3. The largest absolute Gasteiger partial charge is 0.414 e. The van der Waals surface area contributed by atoms with Gasteiger partial charge in [0, 0.05) is 0 Å². The number of anilines is 1. The van der Waals surface area contributed by atoms with Gasteiger partial charge in [-0.05, 0) is 31.0 Å². The minimum Gasteiger partial charge on any atom is -0.414 e. The smallest absolute Gasteiger partial charge is 0.192 e. The number of ether oxygens (including phenoxy) is 1. The van der Waals surface area contributed by atoms with Crippen molar-refractivity contribution in [3.8, 4) is 0 Å². The zero-order valence-electron chi connectivity index (χ0n) is 15.1. The molecule has 2 unspecified atom stereocenters. The maximum absolute atomic E-state index is 6.29. The molecule has 2 N–H and O–H groups in total. The monoisotopic (exact) mass is 349 g/mol. The normalized spacial score (nSPS) is 22.4. The van der Waals surface area contributed by atoms with Gasteiger partial charge < -0.3 is 14.9 Å². The third-order valence-corrected chi connectivity index (χ3v) is 9.72. The fourth-order valence-corrected chi connectivity index (χ4v) is 3.65. The summed E-state index contributed by atoms with van der Waals surface area (Å²) in [6.45, 7) is 11.9. The summed E-state index contributed by atoms with van der Waals surface area (Å²) in [7, 11) is -1.75. The SMILES string of the molecule is CC(C)(C)[Si](C)(C)OCC1CCC(n2cnc3c(N)ncnc32)O1. The van der Waals surface area contributed by atoms with Crippen molar-refractivity contribution in [2.75, 3.05) is 12.3 Å². The molecule has 0 amide bonds. The number of nitrogens with zero attached hydrogens (tertiary/aromatic N) is 4. The van der Waals surface area contributed by atoms with E-state index in [0.29, 0.717) is 17.9 Å². The Balaban J connectivity index is 1.66. The molecule has 1 saturated heterocycles. The zero-order chi connectivity index (χ0) is 17.5. The quantitative estimate of drug-likeness (QED) is 0.853. The Bertz CT molecular complexity index is 725. The van der Waals surface area contributed by atoms with E-state index in [2.05, 4.69) is 48.8 Å². The Morgan fingerprint density at radius 2 is 2.04 bits per heavy atom. The van der Waals surface area contributed by atoms with Gasteiger partial charge in [-0.2, -0.15) is 0 Å². The van der Waals surface area contributed by atoms with Crippen LogP contribution in [-0.4, -0.2) is 40.5 Å². The number of aromatic nitrogens is 4. The number of nitrogen functional groups attached to an aromatic ring is 1. The maximum Gasteiger partial charge on any atom is 0.192 e. The molecule has 7 nitrogen and oxygen atoms in total. The van der Waals surface area contributed by atoms with Crippen LogP contribution in [0.1, 0.15) is 39.8 Å². The summed E-state index contributed by atoms with van der Waals surface area (Å²) in [5.74, 6) is 0.398. The highest BCUT2D eigenvalue weighted by atomic mass is 28.4. The van der Waals surface area contributed by atoms with Crippen molar-refractivity contribution < 1.29 is 9.16 Å². The van der Waals surface area contributed by atoms with Crippen LogP contribution >= 0.6 is 0 Å². The van der Waals surface area contributed by atoms with Gasteiger partial charge in [0.15, 0.2) is 19.8 Å². The lowest BCUT2D eigenvalue weighted by atomic mass is 10.2. The molecule has 3 heterocycles. The summed E-state index contributed by atoms with van der Waals surface area (Å²) in [5, 5.41) is 0.208. The molecule has 0 bridgehead atoms. The van der Waals surface area contributed by atoms with Crippen LogP contribution in [0, 0.1) is 0 Å². The molecule has 0 radical (unpaired) electrons. The van der Waals surface area contributed by atoms with Crippen molar-refractivity contribution in [3.63, 3.8) is 0 Å². The Morgan fingerprint density at radius 3 is 2.75 bits per heavy atom. The lowest BCUT2D eigenvalue weighted by Gasteiger charge is -2.36. The number of hydrogen-bond acceptors (Lipinski definition) is 6. The van der Waals surface area contributed by atoms with E-state index in [-0.39, 0.29) is 17.4 Å². The molecular weight excluding hydrogens is 322 g/mol. The van der Waals surface area contributed by atoms with Gasteiger partial charge in [-0.15, -0.1) is 0 Å². The van der Waals surface area contributed by atoms with Crippen molar-refractivity contribution in [1.29, 1.82) is 0 Å². The molecule has 2 aromatic rings. The predicted octanol–water partition coefficient (Wildman–Crippen LogP) is 3.11. The van der Waals surface area contributed by atoms with Crippen molar-refractivity contribution in [1.82, 2.24) is 19.5 Å². The van der Waals surface area contributed by atoms with Crippen LogP contribution < -0.4 is 5.73 Å². The van der Waals surface area contributed by atoms with Gasteiger partial charge >= 0.3 is 0 Å². The number of rotatable bonds is 4. The molecule has 0 spiro atoms. The van der Waals surface area contributed by atoms with E-state index in [1.165, 1.54) is 6.33 Å². The lowest BCUT2D eigenvalue weighted by molar-refractivity contribution is -0.0182. The Kier molecular flexibility index (Phi) is 4.39. The second-order valence-corrected chi connectivity index (χ2v) is 12.8. The molecule has 1 aliphatic heterocycles. The summed E-state index contributed by atoms with van der Waals surface area (Å²) in [6.07, 6.45) is 5.12. The van der Waals surface area contributed by atoms with E-state index >= 15 is 0 Å². The van der Waals surface area contributed by atoms with E-state index in [0.717, 1.165) is 18.5 Å². The van der Waals surface area contributed by atoms with Gasteiger partial charge in [0.05, 0.1) is 19.0 Å². The van der Waals surface area contributed by atoms with Crippen molar-refractivity contribution in [2.45, 2.75) is 64.1 Å². The van der Waals surface area contributed by atoms with Crippen LogP contribution in [0.2, 0.25) is 18.1 Å². The van der Waals surface area contributed by atoms with Gasteiger partial charge in [0.1, 0.15) is 18.1 Å². The highest BCUT2D eigenvalue weighted by Gasteiger charge is 2.38. The van der Waals surface area contributed by atoms with Crippen LogP contribution in [0.4, 0.5) is 5.82 Å². The molecule has 0 aliphatic carbocycles. The topological polar surface area (TPSA) is 88.1 Å². The van der Waals surface area contributed by atoms with Gasteiger partial charge in [0.25, 0.3) is 0 Å². The minimum absolute atomic E-state index is 0.0719. The minimum atomic E-state index is -1.75. The maximum atomic E-state index is 6.29. The molecule has 0 saturated carbocycles. The average Bonchev–Trinajstić information content (AvgIpc) is 3.10. The Hall–Kier alpha value is -1.51. The zero-order valence-corrected chi connectivity index (χ0v) is 16.1. The second kappa shape index (κ2) is 6.09. The molecule has 1 fully saturated rings. The van der Waals surface area contributed by atoms with Crippen LogP contribution in [0.5, 0.6) is 0 Å². The summed E-state index contributed by atoms with van der Waals surface area (Å²) in [4.78, 5) is 12.6. The highest BCUT2D eigenvalue weighted by molar-refractivity contribution is 6.74. The third-order valence-electron chi connectivity index (χ3n) is 5.22. The van der Waals surface area contributed by atoms with Gasteiger partial charge in [-0.25, -0.2) is 15.0 Å². The first-order valence-corrected chi connectivity index (χ1v) is 11.3. The molecular formula is C16H27N5O2Si. The fraction of sp³-hybridized carbons (Fsp3) is 0.688. The third kappa shape index (κ3) is 3.18. The van der Waals surface area contributed by atoms with E-state index in [1.54, 1.807) is 6.33 Å². The summed E-state index contributed by atoms with van der Waals surface area (Å²) >= 11 is 0. The molecule has 0 aromatic carbocycles. The van der Waals surface area contributed by atoms with Crippen LogP contribution in [0.25, 0.3) is 11.2 Å². The molecule has 3 rings (SSSR count). The van der Waals surface area contributed by atoms with Crippen LogP contribution in [0.3, 0.4) is 0 Å². The highest BCUT2D eigenvalue weighted by Crippen LogP contribution is 2.38. The van der Waals surface area contributed by atoms with E-state index in [9.17, 15) is 0 Å². The molecule has 24 heavy (non-hydrogen) atoms. The Labute approximate surface area is 143 Å². The first-order chi connectivity index (χ1) is 11.2. The van der Waals surface area contributed by atoms with E-state index in [4.69, 9.17) is 14.9 Å². The molecule has 2 aromatic heterocycles. The van der Waals surface area contributed by atoms with Crippen LogP contribution in [-0.2, 0) is 9.16 Å². The van der Waals surface area contributed by atoms with E-state index in [1.807, 2.05) is 4.57 Å². The summed E-state index contributed by atoms with van der Waals surface area (Å²) in [5.41, 5.74) is 7.20. The molecule has 132 valence electrons. The lowest BCUT2D eigenvalue weighted by Crippen LogP contribution is -2.42. The summed E-state index contributed by atoms with van der Waals surface area (Å²) in [6, 6.07) is 0. The summed E-state index contributed by atoms with van der Waals surface area (Å²) < 4.78 is 14.4. The molecule has 2 atom stereocenters. The molecule has 8 heteroatoms. The number of fused-ring (bicyclic) bond motifs is 1. The van der Waals surface area contributed by atoms with Crippen molar-refractivity contribution >= 4 is 25.3 Å². The van der Waals surface area contributed by atoms with E-state index < -0.39 is 8.32 Å². The predicted molar refractivity (Wildman–Crippen MR) is 96.0 cm³/mol. The Morgan fingerprint density at radius 1 is 1.29 bits per heavy atom. The first-order valence-electron chi connectivity index (χ1n) is 8.41. The molecule has 1 aliphatic rings. The van der Waals surface area contributed by atoms with Gasteiger partial charge in [-0.1, -0.05) is 20.8 Å². The standard InChI is InChI=1S/C16H27N5O2Si/c1-16(2,3)24(4,5)22-8-11-6-7-12(23-11)21-10-20-13-14(17)18-9-19-15(13)21/h9-12H,6-8H2,1-5H3,(H2,17,18,19). The van der Waals surface area contributed by atoms with Crippen molar-refractivity contribution in [3.05, 3.63) is 12.7 Å². The number of hydrogen-bond donors (Lipinski definition) is 1.